The first-order chi connectivity index (χ1) is 19.9. The number of Topliss-reactive ketones (excluding diaryl/α,β-unsaturated/α-hetero) is 1. The number of hydrogen-bond donors (Lipinski definition) is 1. The quantitative estimate of drug-likeness (QED) is 0.217. The van der Waals surface area contributed by atoms with Gasteiger partial charge in [0.1, 0.15) is 11.7 Å². The van der Waals surface area contributed by atoms with Crippen molar-refractivity contribution in [3.8, 4) is 0 Å². The van der Waals surface area contributed by atoms with Gasteiger partial charge in [0.2, 0.25) is 0 Å². The van der Waals surface area contributed by atoms with Crippen LogP contribution in [0.25, 0.3) is 0 Å². The van der Waals surface area contributed by atoms with Crippen molar-refractivity contribution in [3.05, 3.63) is 47.0 Å². The summed E-state index contributed by atoms with van der Waals surface area (Å²) in [7, 11) is 2.93. The first-order valence-electron chi connectivity index (χ1n) is 14.1. The Labute approximate surface area is 244 Å². The molecule has 1 heterocycles. The fourth-order valence-corrected chi connectivity index (χ4v) is 8.10. The second-order valence-corrected chi connectivity index (χ2v) is 12.0. The minimum atomic E-state index is -1.72. The van der Waals surface area contributed by atoms with Gasteiger partial charge in [0.15, 0.2) is 23.6 Å². The second kappa shape index (κ2) is 10.9. The first-order valence-corrected chi connectivity index (χ1v) is 14.1. The fourth-order valence-electron chi connectivity index (χ4n) is 8.10. The molecule has 3 aliphatic carbocycles. The fraction of sp³-hybridized carbons (Fsp3) is 0.613. The third kappa shape index (κ3) is 4.08. The summed E-state index contributed by atoms with van der Waals surface area (Å²) in [6.45, 7) is 6.60. The molecule has 1 saturated heterocycles. The smallest absolute Gasteiger partial charge is 0.338 e. The maximum Gasteiger partial charge on any atom is 0.338 e. The van der Waals surface area contributed by atoms with Crippen molar-refractivity contribution in [1.29, 1.82) is 0 Å². The van der Waals surface area contributed by atoms with Crippen molar-refractivity contribution in [2.75, 3.05) is 20.8 Å². The Morgan fingerprint density at radius 1 is 1.14 bits per heavy atom. The van der Waals surface area contributed by atoms with Gasteiger partial charge in [0.25, 0.3) is 6.47 Å². The molecule has 0 radical (unpaired) electrons. The molecule has 2 saturated carbocycles. The zero-order chi connectivity index (χ0) is 30.6. The van der Waals surface area contributed by atoms with Crippen molar-refractivity contribution in [2.24, 2.45) is 17.3 Å². The molecule has 228 valence electrons. The van der Waals surface area contributed by atoms with Crippen LogP contribution in [0.3, 0.4) is 0 Å². The summed E-state index contributed by atoms with van der Waals surface area (Å²) in [5, 5.41) is 11.7. The SMILES string of the molecule is COC1CC(C)=C2C(OC(C)=O)C(=O)C3(C)C(O)CC4OC[C@@]4(OC)C3[C@H](OC(=O)c3ccccc3)C1(OC=O)C2C. The maximum absolute atomic E-state index is 14.8. The molecule has 2 bridgehead atoms. The first kappa shape index (κ1) is 30.3. The number of rotatable bonds is 7. The minimum absolute atomic E-state index is 0.0248. The molecule has 11 heteroatoms. The topological polar surface area (TPSA) is 144 Å². The molecule has 1 N–H and O–H groups in total. The molecule has 1 aromatic carbocycles. The summed E-state index contributed by atoms with van der Waals surface area (Å²) in [5.41, 5.74) is -3.31. The summed E-state index contributed by atoms with van der Waals surface area (Å²) in [6.07, 6.45) is -5.36. The molecule has 3 fully saturated rings. The van der Waals surface area contributed by atoms with Crippen molar-refractivity contribution >= 4 is 24.2 Å². The molecular weight excluding hydrogens is 548 g/mol. The van der Waals surface area contributed by atoms with Crippen LogP contribution < -0.4 is 0 Å². The summed E-state index contributed by atoms with van der Waals surface area (Å²) in [4.78, 5) is 53.4. The Bertz CT molecular complexity index is 1290. The highest BCUT2D eigenvalue weighted by Crippen LogP contribution is 2.62. The Morgan fingerprint density at radius 3 is 2.38 bits per heavy atom. The van der Waals surface area contributed by atoms with Gasteiger partial charge in [0, 0.05) is 39.4 Å². The molecular formula is C31H38O11. The predicted molar refractivity (Wildman–Crippen MR) is 145 cm³/mol. The second-order valence-electron chi connectivity index (χ2n) is 12.0. The minimum Gasteiger partial charge on any atom is -0.454 e. The molecule has 10 atom stereocenters. The third-order valence-corrected chi connectivity index (χ3v) is 10.2. The molecule has 1 aromatic rings. The van der Waals surface area contributed by atoms with Crippen LogP contribution >= 0.6 is 0 Å². The van der Waals surface area contributed by atoms with Crippen molar-refractivity contribution < 1.29 is 52.7 Å². The lowest BCUT2D eigenvalue weighted by atomic mass is 9.47. The summed E-state index contributed by atoms with van der Waals surface area (Å²) >= 11 is 0. The Hall–Kier alpha value is -3.12. The molecule has 0 spiro atoms. The number of hydrogen-bond acceptors (Lipinski definition) is 11. The molecule has 1 aliphatic heterocycles. The molecule has 11 nitrogen and oxygen atoms in total. The van der Waals surface area contributed by atoms with Crippen molar-refractivity contribution in [3.63, 3.8) is 0 Å². The van der Waals surface area contributed by atoms with Crippen molar-refractivity contribution in [2.45, 2.75) is 82.3 Å². The number of aliphatic hydroxyl groups is 1. The lowest BCUT2D eigenvalue weighted by Crippen LogP contribution is -2.81. The van der Waals surface area contributed by atoms with Gasteiger partial charge in [-0.25, -0.2) is 4.79 Å². The molecule has 8 unspecified atom stereocenters. The van der Waals surface area contributed by atoms with Gasteiger partial charge in [-0.1, -0.05) is 30.7 Å². The van der Waals surface area contributed by atoms with Crippen LogP contribution in [0, 0.1) is 17.3 Å². The van der Waals surface area contributed by atoms with E-state index in [-0.39, 0.29) is 31.5 Å². The Kier molecular flexibility index (Phi) is 7.84. The van der Waals surface area contributed by atoms with Gasteiger partial charge in [-0.05, 0) is 38.0 Å². The van der Waals surface area contributed by atoms with Crippen LogP contribution in [0.2, 0.25) is 0 Å². The van der Waals surface area contributed by atoms with E-state index in [0.717, 1.165) is 0 Å². The normalized spacial score (nSPS) is 40.8. The number of aliphatic hydroxyl groups excluding tert-OH is 1. The number of benzene rings is 1. The Balaban J connectivity index is 1.85. The number of carbonyl (C=O) groups is 4. The monoisotopic (exact) mass is 586 g/mol. The standard InChI is InChI=1S/C31H38O11/c1-16-12-22(37-5)31(40-15-32)17(2)23(16)24(41-18(3)33)26(35)29(4)20(34)13-21-30(38-6,14-39-21)25(29)27(31)42-28(36)19-10-8-7-9-11-19/h7-11,15,17,20-22,24-25,27,34H,12-14H2,1-6H3/t17?,20?,21?,22?,24?,25?,27-,29?,30-,31?/m0/s1. The van der Waals surface area contributed by atoms with E-state index in [2.05, 4.69) is 0 Å². The van der Waals surface area contributed by atoms with Crippen LogP contribution in [0.15, 0.2) is 41.5 Å². The van der Waals surface area contributed by atoms with Crippen LogP contribution in [0.1, 0.15) is 50.9 Å². The van der Waals surface area contributed by atoms with Crippen LogP contribution in [0.5, 0.6) is 0 Å². The molecule has 0 aromatic heterocycles. The lowest BCUT2D eigenvalue weighted by Gasteiger charge is -2.67. The van der Waals surface area contributed by atoms with E-state index in [1.54, 1.807) is 51.1 Å². The van der Waals surface area contributed by atoms with E-state index in [9.17, 15) is 24.3 Å². The van der Waals surface area contributed by atoms with Gasteiger partial charge < -0.3 is 33.5 Å². The maximum atomic E-state index is 14.8. The number of ether oxygens (including phenoxy) is 6. The summed E-state index contributed by atoms with van der Waals surface area (Å²) < 4.78 is 36.1. The van der Waals surface area contributed by atoms with Gasteiger partial charge in [0.05, 0.1) is 29.8 Å². The molecule has 42 heavy (non-hydrogen) atoms. The van der Waals surface area contributed by atoms with Gasteiger partial charge in [-0.2, -0.15) is 0 Å². The summed E-state index contributed by atoms with van der Waals surface area (Å²) in [5.74, 6) is -3.93. The van der Waals surface area contributed by atoms with Crippen LogP contribution in [-0.2, 0) is 42.8 Å². The number of esters is 2. The third-order valence-electron chi connectivity index (χ3n) is 10.2. The molecule has 0 amide bonds. The van der Waals surface area contributed by atoms with Crippen LogP contribution in [0.4, 0.5) is 0 Å². The largest absolute Gasteiger partial charge is 0.454 e. The van der Waals surface area contributed by atoms with E-state index in [4.69, 9.17) is 28.4 Å². The molecule has 5 rings (SSSR count). The number of fused-ring (bicyclic) bond motifs is 5. The van der Waals surface area contributed by atoms with E-state index in [1.165, 1.54) is 21.1 Å². The number of carbonyl (C=O) groups excluding carboxylic acids is 4. The van der Waals surface area contributed by atoms with Gasteiger partial charge >= 0.3 is 11.9 Å². The van der Waals surface area contributed by atoms with E-state index < -0.39 is 76.7 Å². The molecule has 4 aliphatic rings. The van der Waals surface area contributed by atoms with Crippen molar-refractivity contribution in [1.82, 2.24) is 0 Å². The zero-order valence-corrected chi connectivity index (χ0v) is 24.7. The lowest BCUT2D eigenvalue weighted by molar-refractivity contribution is -0.351. The number of ketones is 1. The van der Waals surface area contributed by atoms with E-state index >= 15 is 0 Å². The van der Waals surface area contributed by atoms with Gasteiger partial charge in [-0.3, -0.25) is 14.4 Å². The highest BCUT2D eigenvalue weighted by molar-refractivity contribution is 5.95. The van der Waals surface area contributed by atoms with E-state index in [0.29, 0.717) is 11.1 Å². The van der Waals surface area contributed by atoms with Gasteiger partial charge in [-0.15, -0.1) is 0 Å². The van der Waals surface area contributed by atoms with E-state index in [1.807, 2.05) is 0 Å². The summed E-state index contributed by atoms with van der Waals surface area (Å²) in [6, 6.07) is 8.30. The Morgan fingerprint density at radius 2 is 1.83 bits per heavy atom. The average molecular weight is 587 g/mol. The number of methoxy groups -OCH3 is 2. The van der Waals surface area contributed by atoms with Crippen LogP contribution in [-0.4, -0.2) is 91.8 Å². The zero-order valence-electron chi connectivity index (χ0n) is 24.7. The average Bonchev–Trinajstić information content (AvgIpc) is 2.96. The predicted octanol–water partition coefficient (Wildman–Crippen LogP) is 2.18. The highest BCUT2D eigenvalue weighted by atomic mass is 16.6. The highest BCUT2D eigenvalue weighted by Gasteiger charge is 2.77.